The Morgan fingerprint density at radius 1 is 0.733 bits per heavy atom. The van der Waals surface area contributed by atoms with Crippen LogP contribution < -0.4 is 10.6 Å². The summed E-state index contributed by atoms with van der Waals surface area (Å²) in [7, 11) is 0. The minimum Gasteiger partial charge on any atom is -0.478 e. The monoisotopic (exact) mass is 400 g/mol. The largest absolute Gasteiger partial charge is 0.478 e. The molecule has 0 radical (unpaired) electrons. The number of hydrogen-bond acceptors (Lipinski definition) is 5. The van der Waals surface area contributed by atoms with E-state index in [4.69, 9.17) is 9.52 Å². The second-order valence-electron chi connectivity index (χ2n) is 6.32. The number of hydrogen-bond donors (Lipinski definition) is 3. The van der Waals surface area contributed by atoms with Crippen molar-refractivity contribution < 1.29 is 19.1 Å². The van der Waals surface area contributed by atoms with E-state index in [1.807, 2.05) is 18.2 Å². The van der Waals surface area contributed by atoms with Gasteiger partial charge in [0.2, 0.25) is 11.8 Å². The van der Waals surface area contributed by atoms with Crippen LogP contribution in [0.3, 0.4) is 0 Å². The SMILES string of the molecule is O=C(Nc1ccccc1)Nc1cccc(-c2nnc(-c3ccc(C(=O)O)cc3)o2)c1. The molecule has 8 heteroatoms. The third-order valence-corrected chi connectivity index (χ3v) is 4.20. The van der Waals surface area contributed by atoms with Gasteiger partial charge >= 0.3 is 12.0 Å². The summed E-state index contributed by atoms with van der Waals surface area (Å²) in [5, 5.41) is 22.6. The second-order valence-corrected chi connectivity index (χ2v) is 6.32. The van der Waals surface area contributed by atoms with E-state index in [1.165, 1.54) is 12.1 Å². The van der Waals surface area contributed by atoms with Crippen molar-refractivity contribution in [2.45, 2.75) is 0 Å². The van der Waals surface area contributed by atoms with Crippen LogP contribution in [0.4, 0.5) is 16.2 Å². The summed E-state index contributed by atoms with van der Waals surface area (Å²) in [6, 6.07) is 21.9. The number of carboxylic acids is 1. The van der Waals surface area contributed by atoms with Crippen LogP contribution >= 0.6 is 0 Å². The molecule has 1 aromatic heterocycles. The van der Waals surface area contributed by atoms with Crippen LogP contribution in [0.25, 0.3) is 22.9 Å². The van der Waals surface area contributed by atoms with Gasteiger partial charge < -0.3 is 20.2 Å². The van der Waals surface area contributed by atoms with Gasteiger partial charge in [0.1, 0.15) is 0 Å². The standard InChI is InChI=1S/C22H16N4O4/c27-21(28)15-11-9-14(10-12-15)19-25-26-20(30-19)16-5-4-8-18(13-16)24-22(29)23-17-6-2-1-3-7-17/h1-13H,(H,27,28)(H2,23,24,29). The molecular formula is C22H16N4O4. The van der Waals surface area contributed by atoms with E-state index in [-0.39, 0.29) is 23.4 Å². The Kier molecular flexibility index (Phi) is 5.21. The van der Waals surface area contributed by atoms with Crippen molar-refractivity contribution >= 4 is 23.4 Å². The van der Waals surface area contributed by atoms with Gasteiger partial charge in [-0.3, -0.25) is 0 Å². The van der Waals surface area contributed by atoms with E-state index in [0.29, 0.717) is 22.5 Å². The summed E-state index contributed by atoms with van der Waals surface area (Å²) in [4.78, 5) is 23.1. The van der Waals surface area contributed by atoms with Gasteiger partial charge in [-0.25, -0.2) is 9.59 Å². The third kappa shape index (κ3) is 4.33. The predicted octanol–water partition coefficient (Wildman–Crippen LogP) is 4.75. The number of rotatable bonds is 5. The highest BCUT2D eigenvalue weighted by atomic mass is 16.4. The zero-order valence-corrected chi connectivity index (χ0v) is 15.6. The van der Waals surface area contributed by atoms with Gasteiger partial charge in [0.25, 0.3) is 0 Å². The highest BCUT2D eigenvalue weighted by Gasteiger charge is 2.12. The number of nitrogens with one attached hydrogen (secondary N) is 2. The number of carboxylic acid groups (broad SMARTS) is 1. The fraction of sp³-hybridized carbons (Fsp3) is 0. The first kappa shape index (κ1) is 18.9. The first-order valence-corrected chi connectivity index (χ1v) is 8.99. The van der Waals surface area contributed by atoms with Crippen molar-refractivity contribution in [1.82, 2.24) is 10.2 Å². The zero-order valence-electron chi connectivity index (χ0n) is 15.6. The molecule has 2 amide bonds. The lowest BCUT2D eigenvalue weighted by Crippen LogP contribution is -2.19. The molecular weight excluding hydrogens is 384 g/mol. The zero-order chi connectivity index (χ0) is 20.9. The Balaban J connectivity index is 1.49. The molecule has 0 saturated heterocycles. The smallest absolute Gasteiger partial charge is 0.335 e. The molecule has 4 rings (SSSR count). The van der Waals surface area contributed by atoms with Crippen molar-refractivity contribution in [3.05, 3.63) is 84.4 Å². The van der Waals surface area contributed by atoms with Crippen molar-refractivity contribution in [1.29, 1.82) is 0 Å². The van der Waals surface area contributed by atoms with Crippen molar-refractivity contribution in [3.63, 3.8) is 0 Å². The topological polar surface area (TPSA) is 117 Å². The summed E-state index contributed by atoms with van der Waals surface area (Å²) in [5.74, 6) is -0.463. The van der Waals surface area contributed by atoms with Crippen LogP contribution in [-0.2, 0) is 0 Å². The summed E-state index contributed by atoms with van der Waals surface area (Å²) >= 11 is 0. The Hall–Kier alpha value is -4.46. The molecule has 0 saturated carbocycles. The van der Waals surface area contributed by atoms with Gasteiger partial charge in [-0.15, -0.1) is 10.2 Å². The maximum Gasteiger partial charge on any atom is 0.335 e. The number of urea groups is 1. The number of carbonyl (C=O) groups is 2. The van der Waals surface area contributed by atoms with E-state index in [2.05, 4.69) is 20.8 Å². The Bertz CT molecular complexity index is 1190. The van der Waals surface area contributed by atoms with E-state index >= 15 is 0 Å². The lowest BCUT2D eigenvalue weighted by Gasteiger charge is -2.08. The summed E-state index contributed by atoms with van der Waals surface area (Å²) in [5.41, 5.74) is 2.66. The number of aromatic nitrogens is 2. The van der Waals surface area contributed by atoms with Crippen LogP contribution in [0.5, 0.6) is 0 Å². The van der Waals surface area contributed by atoms with Gasteiger partial charge in [-0.1, -0.05) is 24.3 Å². The van der Waals surface area contributed by atoms with E-state index in [0.717, 1.165) is 0 Å². The van der Waals surface area contributed by atoms with Gasteiger partial charge in [0.05, 0.1) is 5.56 Å². The second kappa shape index (κ2) is 8.27. The average molecular weight is 400 g/mol. The van der Waals surface area contributed by atoms with E-state index in [9.17, 15) is 9.59 Å². The van der Waals surface area contributed by atoms with Crippen molar-refractivity contribution in [2.24, 2.45) is 0 Å². The molecule has 0 spiro atoms. The van der Waals surface area contributed by atoms with Crippen LogP contribution in [0, 0.1) is 0 Å². The van der Waals surface area contributed by atoms with Crippen LogP contribution in [0.15, 0.2) is 83.3 Å². The van der Waals surface area contributed by atoms with Gasteiger partial charge in [0.15, 0.2) is 0 Å². The molecule has 0 aliphatic heterocycles. The molecule has 30 heavy (non-hydrogen) atoms. The lowest BCUT2D eigenvalue weighted by molar-refractivity contribution is 0.0697. The van der Waals surface area contributed by atoms with Crippen molar-refractivity contribution in [2.75, 3.05) is 10.6 Å². The number of benzene rings is 3. The average Bonchev–Trinajstić information content (AvgIpc) is 3.25. The molecule has 0 aliphatic carbocycles. The maximum absolute atomic E-state index is 12.2. The highest BCUT2D eigenvalue weighted by Crippen LogP contribution is 2.26. The predicted molar refractivity (Wildman–Crippen MR) is 111 cm³/mol. The first-order valence-electron chi connectivity index (χ1n) is 8.99. The maximum atomic E-state index is 12.2. The Labute approximate surface area is 171 Å². The summed E-state index contributed by atoms with van der Waals surface area (Å²) in [6.07, 6.45) is 0. The fourth-order valence-corrected chi connectivity index (χ4v) is 2.76. The fourth-order valence-electron chi connectivity index (χ4n) is 2.76. The lowest BCUT2D eigenvalue weighted by atomic mass is 10.1. The molecule has 8 nitrogen and oxygen atoms in total. The van der Waals surface area contributed by atoms with E-state index in [1.54, 1.807) is 48.5 Å². The minimum absolute atomic E-state index is 0.172. The molecule has 148 valence electrons. The Morgan fingerprint density at radius 2 is 1.37 bits per heavy atom. The summed E-state index contributed by atoms with van der Waals surface area (Å²) < 4.78 is 5.71. The molecule has 0 aliphatic rings. The van der Waals surface area contributed by atoms with Gasteiger partial charge in [0, 0.05) is 22.5 Å². The molecule has 3 aromatic carbocycles. The molecule has 0 atom stereocenters. The minimum atomic E-state index is -1.01. The molecule has 3 N–H and O–H groups in total. The molecule has 0 bridgehead atoms. The number of carbonyl (C=O) groups excluding carboxylic acids is 1. The number of aromatic carboxylic acids is 1. The number of nitrogens with zero attached hydrogens (tertiary/aromatic N) is 2. The van der Waals surface area contributed by atoms with Gasteiger partial charge in [-0.05, 0) is 54.6 Å². The number of para-hydroxylation sites is 1. The molecule has 0 fully saturated rings. The quantitative estimate of drug-likeness (QED) is 0.445. The third-order valence-electron chi connectivity index (χ3n) is 4.20. The highest BCUT2D eigenvalue weighted by molar-refractivity contribution is 6.00. The number of anilines is 2. The van der Waals surface area contributed by atoms with E-state index < -0.39 is 5.97 Å². The van der Waals surface area contributed by atoms with Crippen LogP contribution in [-0.4, -0.2) is 27.3 Å². The normalized spacial score (nSPS) is 10.4. The van der Waals surface area contributed by atoms with Crippen LogP contribution in [0.2, 0.25) is 0 Å². The number of amides is 2. The van der Waals surface area contributed by atoms with Gasteiger partial charge in [-0.2, -0.15) is 0 Å². The summed E-state index contributed by atoms with van der Waals surface area (Å²) in [6.45, 7) is 0. The van der Waals surface area contributed by atoms with Crippen LogP contribution in [0.1, 0.15) is 10.4 Å². The Morgan fingerprint density at radius 3 is 2.07 bits per heavy atom. The molecule has 0 unspecified atom stereocenters. The van der Waals surface area contributed by atoms with Crippen molar-refractivity contribution in [3.8, 4) is 22.9 Å². The molecule has 1 heterocycles. The first-order chi connectivity index (χ1) is 14.6. The molecule has 4 aromatic rings.